The summed E-state index contributed by atoms with van der Waals surface area (Å²) < 4.78 is 4.81. The van der Waals surface area contributed by atoms with Crippen molar-refractivity contribution < 1.29 is 9.53 Å². The molecule has 0 unspecified atom stereocenters. The van der Waals surface area contributed by atoms with Crippen molar-refractivity contribution in [3.63, 3.8) is 0 Å². The van der Waals surface area contributed by atoms with E-state index in [2.05, 4.69) is 24.0 Å². The molecule has 2 aromatic rings. The maximum atomic E-state index is 11.8. The lowest BCUT2D eigenvalue weighted by molar-refractivity contribution is 0.0601. The Hall–Kier alpha value is -2.10. The lowest BCUT2D eigenvalue weighted by Gasteiger charge is -2.09. The number of nitrogens with one attached hydrogen (secondary N) is 1. The fourth-order valence-electron chi connectivity index (χ4n) is 2.65. The Bertz CT molecular complexity index is 659. The summed E-state index contributed by atoms with van der Waals surface area (Å²) in [5, 5.41) is 7.56. The third-order valence-corrected chi connectivity index (χ3v) is 4.02. The van der Waals surface area contributed by atoms with Crippen LogP contribution in [0.1, 0.15) is 53.4 Å². The van der Waals surface area contributed by atoms with E-state index >= 15 is 0 Å². The van der Waals surface area contributed by atoms with Crippen LogP contribution in [-0.2, 0) is 11.2 Å². The van der Waals surface area contributed by atoms with Crippen molar-refractivity contribution >= 4 is 5.97 Å². The van der Waals surface area contributed by atoms with Crippen molar-refractivity contribution in [3.05, 3.63) is 40.6 Å². The van der Waals surface area contributed by atoms with Crippen LogP contribution in [0, 0.1) is 13.8 Å². The lowest BCUT2D eigenvalue weighted by Crippen LogP contribution is -2.02. The zero-order chi connectivity index (χ0) is 16.1. The second-order valence-electron chi connectivity index (χ2n) is 5.65. The van der Waals surface area contributed by atoms with E-state index in [0.717, 1.165) is 35.4 Å². The summed E-state index contributed by atoms with van der Waals surface area (Å²) in [6.07, 6.45) is 4.57. The van der Waals surface area contributed by atoms with Gasteiger partial charge in [0, 0.05) is 16.8 Å². The number of rotatable bonds is 6. The van der Waals surface area contributed by atoms with E-state index in [0.29, 0.717) is 5.56 Å². The standard InChI is InChI=1S/C18H24N2O2/c1-5-6-7-8-15-13(3)19-20-17(15)16-11-14(18(21)22-4)10-9-12(16)2/h9-11H,5-8H2,1-4H3,(H,19,20). The number of hydrogen-bond acceptors (Lipinski definition) is 3. The molecule has 0 radical (unpaired) electrons. The second-order valence-corrected chi connectivity index (χ2v) is 5.65. The number of aromatic amines is 1. The molecule has 0 aliphatic carbocycles. The van der Waals surface area contributed by atoms with E-state index in [1.165, 1.54) is 25.5 Å². The van der Waals surface area contributed by atoms with Crippen molar-refractivity contribution in [3.8, 4) is 11.3 Å². The van der Waals surface area contributed by atoms with Crippen LogP contribution in [-0.4, -0.2) is 23.3 Å². The summed E-state index contributed by atoms with van der Waals surface area (Å²) >= 11 is 0. The van der Waals surface area contributed by atoms with Crippen molar-refractivity contribution in [2.45, 2.75) is 46.5 Å². The minimum absolute atomic E-state index is 0.318. The first-order valence-electron chi connectivity index (χ1n) is 7.81. The molecule has 4 nitrogen and oxygen atoms in total. The number of H-pyrrole nitrogens is 1. The van der Waals surface area contributed by atoms with Gasteiger partial charge in [-0.2, -0.15) is 5.10 Å². The summed E-state index contributed by atoms with van der Waals surface area (Å²) in [4.78, 5) is 11.8. The van der Waals surface area contributed by atoms with Gasteiger partial charge in [-0.05, 0) is 44.4 Å². The van der Waals surface area contributed by atoms with Crippen LogP contribution >= 0.6 is 0 Å². The Kier molecular flexibility index (Phi) is 5.36. The molecule has 118 valence electrons. The predicted molar refractivity (Wildman–Crippen MR) is 88.1 cm³/mol. The molecule has 0 amide bonds. The minimum atomic E-state index is -0.318. The number of unbranched alkanes of at least 4 members (excludes halogenated alkanes) is 2. The van der Waals surface area contributed by atoms with Gasteiger partial charge in [0.05, 0.1) is 18.4 Å². The average Bonchev–Trinajstić information content (AvgIpc) is 2.88. The number of carbonyl (C=O) groups excluding carboxylic acids is 1. The molecule has 0 saturated carbocycles. The maximum absolute atomic E-state index is 11.8. The second kappa shape index (κ2) is 7.25. The van der Waals surface area contributed by atoms with Crippen LogP contribution < -0.4 is 0 Å². The maximum Gasteiger partial charge on any atom is 0.337 e. The fraction of sp³-hybridized carbons (Fsp3) is 0.444. The molecule has 2 rings (SSSR count). The Morgan fingerprint density at radius 1 is 1.27 bits per heavy atom. The van der Waals surface area contributed by atoms with E-state index in [4.69, 9.17) is 4.74 Å². The number of benzene rings is 1. The number of aromatic nitrogens is 2. The summed E-state index contributed by atoms with van der Waals surface area (Å²) in [7, 11) is 1.40. The monoisotopic (exact) mass is 300 g/mol. The summed E-state index contributed by atoms with van der Waals surface area (Å²) in [5.41, 5.74) is 5.97. The first-order chi connectivity index (χ1) is 10.6. The normalized spacial score (nSPS) is 10.7. The first kappa shape index (κ1) is 16.3. The number of carbonyl (C=O) groups is 1. The zero-order valence-corrected chi connectivity index (χ0v) is 13.8. The lowest BCUT2D eigenvalue weighted by atomic mass is 9.96. The summed E-state index contributed by atoms with van der Waals surface area (Å²) in [5.74, 6) is -0.318. The highest BCUT2D eigenvalue weighted by molar-refractivity contribution is 5.91. The molecular formula is C18H24N2O2. The van der Waals surface area contributed by atoms with Gasteiger partial charge in [-0.1, -0.05) is 25.8 Å². The fourth-order valence-corrected chi connectivity index (χ4v) is 2.65. The van der Waals surface area contributed by atoms with Gasteiger partial charge in [-0.15, -0.1) is 0 Å². The molecule has 0 spiro atoms. The molecule has 22 heavy (non-hydrogen) atoms. The van der Waals surface area contributed by atoms with Crippen LogP contribution in [0.4, 0.5) is 0 Å². The van der Waals surface area contributed by atoms with Gasteiger partial charge in [-0.3, -0.25) is 5.10 Å². The molecule has 1 heterocycles. The Balaban J connectivity index is 2.41. The Morgan fingerprint density at radius 2 is 2.05 bits per heavy atom. The topological polar surface area (TPSA) is 55.0 Å². The van der Waals surface area contributed by atoms with Gasteiger partial charge in [-0.25, -0.2) is 4.79 Å². The van der Waals surface area contributed by atoms with Gasteiger partial charge >= 0.3 is 5.97 Å². The van der Waals surface area contributed by atoms with Crippen LogP contribution in [0.3, 0.4) is 0 Å². The van der Waals surface area contributed by atoms with Crippen LogP contribution in [0.15, 0.2) is 18.2 Å². The number of aryl methyl sites for hydroxylation is 2. The number of methoxy groups -OCH3 is 1. The highest BCUT2D eigenvalue weighted by atomic mass is 16.5. The van der Waals surface area contributed by atoms with Crippen LogP contribution in [0.2, 0.25) is 0 Å². The number of esters is 1. The van der Waals surface area contributed by atoms with Crippen molar-refractivity contribution in [2.75, 3.05) is 7.11 Å². The first-order valence-corrected chi connectivity index (χ1v) is 7.81. The highest BCUT2D eigenvalue weighted by Gasteiger charge is 2.16. The molecule has 0 bridgehead atoms. The van der Waals surface area contributed by atoms with E-state index < -0.39 is 0 Å². The minimum Gasteiger partial charge on any atom is -0.465 e. The van der Waals surface area contributed by atoms with Crippen LogP contribution in [0.5, 0.6) is 0 Å². The SMILES string of the molecule is CCCCCc1c(-c2cc(C(=O)OC)ccc2C)n[nH]c1C. The number of ether oxygens (including phenoxy) is 1. The van der Waals surface area contributed by atoms with E-state index in [1.54, 1.807) is 6.07 Å². The molecule has 0 aliphatic rings. The van der Waals surface area contributed by atoms with Gasteiger partial charge < -0.3 is 4.74 Å². The van der Waals surface area contributed by atoms with Crippen molar-refractivity contribution in [1.29, 1.82) is 0 Å². The van der Waals surface area contributed by atoms with Crippen LogP contribution in [0.25, 0.3) is 11.3 Å². The molecule has 0 fully saturated rings. The van der Waals surface area contributed by atoms with Gasteiger partial charge in [0.25, 0.3) is 0 Å². The third-order valence-electron chi connectivity index (χ3n) is 4.02. The van der Waals surface area contributed by atoms with E-state index in [-0.39, 0.29) is 5.97 Å². The molecule has 0 aliphatic heterocycles. The smallest absolute Gasteiger partial charge is 0.337 e. The van der Waals surface area contributed by atoms with Gasteiger partial charge in [0.2, 0.25) is 0 Å². The highest BCUT2D eigenvalue weighted by Crippen LogP contribution is 2.29. The molecule has 1 aromatic heterocycles. The van der Waals surface area contributed by atoms with E-state index in [1.807, 2.05) is 19.1 Å². The summed E-state index contributed by atoms with van der Waals surface area (Å²) in [6.45, 7) is 6.29. The van der Waals surface area contributed by atoms with Crippen molar-refractivity contribution in [2.24, 2.45) is 0 Å². The largest absolute Gasteiger partial charge is 0.465 e. The molecule has 1 N–H and O–H groups in total. The molecule has 0 saturated heterocycles. The Morgan fingerprint density at radius 3 is 2.73 bits per heavy atom. The number of nitrogens with zero attached hydrogens (tertiary/aromatic N) is 1. The molecule has 1 aromatic carbocycles. The third kappa shape index (κ3) is 3.38. The van der Waals surface area contributed by atoms with Gasteiger partial charge in [0.15, 0.2) is 0 Å². The average molecular weight is 300 g/mol. The van der Waals surface area contributed by atoms with Crippen molar-refractivity contribution in [1.82, 2.24) is 10.2 Å². The Labute approximate surface area is 131 Å². The number of hydrogen-bond donors (Lipinski definition) is 1. The predicted octanol–water partition coefficient (Wildman–Crippen LogP) is 4.21. The molecule has 0 atom stereocenters. The molecule has 4 heteroatoms. The quantitative estimate of drug-likeness (QED) is 0.642. The molecular weight excluding hydrogens is 276 g/mol. The summed E-state index contributed by atoms with van der Waals surface area (Å²) in [6, 6.07) is 5.61. The zero-order valence-electron chi connectivity index (χ0n) is 13.8. The van der Waals surface area contributed by atoms with Gasteiger partial charge in [0.1, 0.15) is 0 Å². The van der Waals surface area contributed by atoms with E-state index in [9.17, 15) is 4.79 Å².